The summed E-state index contributed by atoms with van der Waals surface area (Å²) in [7, 11) is 0. The predicted molar refractivity (Wildman–Crippen MR) is 161 cm³/mol. The van der Waals surface area contributed by atoms with Gasteiger partial charge in [0.2, 0.25) is 23.8 Å². The van der Waals surface area contributed by atoms with E-state index in [2.05, 4.69) is 49.8 Å². The summed E-state index contributed by atoms with van der Waals surface area (Å²) in [5.41, 5.74) is 24.9. The van der Waals surface area contributed by atoms with Gasteiger partial charge in [0.05, 0.1) is 34.2 Å². The van der Waals surface area contributed by atoms with Gasteiger partial charge in [-0.1, -0.05) is 0 Å². The molecule has 0 amide bonds. The largest absolute Gasteiger partial charge is 0.423 e. The molecule has 8 N–H and O–H groups in total. The van der Waals surface area contributed by atoms with Gasteiger partial charge in [-0.2, -0.15) is 0 Å². The number of nitrogens with zero attached hydrogens (tertiary/aromatic N) is 10. The normalized spacial score (nSPS) is 10.7. The first-order chi connectivity index (χ1) is 22.2. The van der Waals surface area contributed by atoms with E-state index in [4.69, 9.17) is 32.4 Å². The van der Waals surface area contributed by atoms with E-state index in [1.165, 1.54) is 61.2 Å². The number of anilines is 4. The van der Waals surface area contributed by atoms with Crippen LogP contribution in [-0.2, 0) is 9.59 Å². The van der Waals surface area contributed by atoms with E-state index in [-0.39, 0.29) is 58.1 Å². The van der Waals surface area contributed by atoms with Gasteiger partial charge in [-0.3, -0.25) is 0 Å². The van der Waals surface area contributed by atoms with E-state index in [1.807, 2.05) is 0 Å². The number of pyridine rings is 2. The topological polar surface area (TPSA) is 286 Å². The molecule has 6 rings (SSSR count). The maximum absolute atomic E-state index is 13.1. The van der Waals surface area contributed by atoms with E-state index < -0.39 is 11.9 Å². The van der Waals surface area contributed by atoms with Crippen molar-refractivity contribution in [2.24, 2.45) is 0 Å². The van der Waals surface area contributed by atoms with Crippen molar-refractivity contribution >= 4 is 35.7 Å². The third kappa shape index (κ3) is 6.24. The average Bonchev–Trinajstić information content (AvgIpc) is 3.05. The highest BCUT2D eigenvalue weighted by atomic mass is 16.6. The Morgan fingerprint density at radius 1 is 0.413 bits per heavy atom. The molecule has 0 aliphatic carbocycles. The molecule has 0 bridgehead atoms. The lowest BCUT2D eigenvalue weighted by molar-refractivity contribution is -0.156. The summed E-state index contributed by atoms with van der Waals surface area (Å²) in [5.74, 6) is -3.11. The molecule has 0 atom stereocenters. The molecule has 0 saturated carbocycles. The lowest BCUT2D eigenvalue weighted by Crippen LogP contribution is -2.26. The van der Waals surface area contributed by atoms with Crippen molar-refractivity contribution in [2.45, 2.75) is 0 Å². The molecule has 0 aliphatic rings. The monoisotopic (exact) mass is 616 g/mol. The van der Waals surface area contributed by atoms with Crippen LogP contribution in [0.3, 0.4) is 0 Å². The van der Waals surface area contributed by atoms with Gasteiger partial charge in [-0.05, 0) is 48.5 Å². The Balaban J connectivity index is 1.32. The standard InChI is InChI=1S/C28H20N14O4/c29-25-33-9-5-15(39-25)13-1-3-19(21(37-13)17-7-11-35-27(31)41-17)45-23(43)24(44)46-20-4-2-14(16-6-10-34-26(30)40-16)38-22(20)18-8-12-36-28(32)42-18/h1-12H,(H2,29,33,39)(H2,30,34,40)(H2,31,35,41)(H2,32,36,42). The fourth-order valence-corrected chi connectivity index (χ4v) is 4.04. The van der Waals surface area contributed by atoms with Gasteiger partial charge in [-0.15, -0.1) is 0 Å². The third-order valence-electron chi connectivity index (χ3n) is 6.00. The summed E-state index contributed by atoms with van der Waals surface area (Å²) in [4.78, 5) is 67.3. The highest BCUT2D eigenvalue weighted by Crippen LogP contribution is 2.32. The second-order valence-corrected chi connectivity index (χ2v) is 9.07. The molecule has 0 saturated heterocycles. The quantitative estimate of drug-likeness (QED) is 0.151. The number of ether oxygens (including phenoxy) is 2. The summed E-state index contributed by atoms with van der Waals surface area (Å²) in [6, 6.07) is 12.0. The summed E-state index contributed by atoms with van der Waals surface area (Å²) >= 11 is 0. The molecule has 0 aromatic carbocycles. The van der Waals surface area contributed by atoms with Crippen LogP contribution in [0, 0.1) is 0 Å². The van der Waals surface area contributed by atoms with Crippen molar-refractivity contribution in [3.63, 3.8) is 0 Å². The van der Waals surface area contributed by atoms with Crippen LogP contribution in [0.25, 0.3) is 45.6 Å². The fourth-order valence-electron chi connectivity index (χ4n) is 4.04. The molecular formula is C28H20N14O4. The van der Waals surface area contributed by atoms with Crippen LogP contribution >= 0.6 is 0 Å². The summed E-state index contributed by atoms with van der Waals surface area (Å²) in [5, 5.41) is 0. The number of hydrogen-bond acceptors (Lipinski definition) is 18. The van der Waals surface area contributed by atoms with E-state index in [9.17, 15) is 9.59 Å². The molecule has 0 spiro atoms. The Labute approximate surface area is 258 Å². The Morgan fingerprint density at radius 3 is 1.07 bits per heavy atom. The molecule has 0 radical (unpaired) electrons. The zero-order valence-corrected chi connectivity index (χ0v) is 23.3. The first kappa shape index (κ1) is 28.9. The molecular weight excluding hydrogens is 596 g/mol. The van der Waals surface area contributed by atoms with Gasteiger partial charge in [0.1, 0.15) is 11.4 Å². The van der Waals surface area contributed by atoms with Gasteiger partial charge in [0.25, 0.3) is 0 Å². The molecule has 46 heavy (non-hydrogen) atoms. The number of nitrogen functional groups attached to an aromatic ring is 4. The number of carbonyl (C=O) groups is 2. The van der Waals surface area contributed by atoms with Crippen molar-refractivity contribution in [1.29, 1.82) is 0 Å². The van der Waals surface area contributed by atoms with Crippen molar-refractivity contribution in [3.8, 4) is 57.1 Å². The van der Waals surface area contributed by atoms with Crippen LogP contribution in [0.15, 0.2) is 73.3 Å². The van der Waals surface area contributed by atoms with E-state index in [0.29, 0.717) is 22.8 Å². The Hall–Kier alpha value is -7.24. The smallest absolute Gasteiger partial charge is 0.416 e. The van der Waals surface area contributed by atoms with Gasteiger partial charge >= 0.3 is 11.9 Å². The fraction of sp³-hybridized carbons (Fsp3) is 0. The predicted octanol–water partition coefficient (Wildman–Crippen LogP) is 1.14. The first-order valence-electron chi connectivity index (χ1n) is 13.0. The highest BCUT2D eigenvalue weighted by Gasteiger charge is 2.25. The summed E-state index contributed by atoms with van der Waals surface area (Å²) in [6.07, 6.45) is 5.70. The lowest BCUT2D eigenvalue weighted by Gasteiger charge is -2.12. The van der Waals surface area contributed by atoms with Crippen molar-refractivity contribution in [2.75, 3.05) is 22.9 Å². The van der Waals surface area contributed by atoms with Crippen LogP contribution in [0.5, 0.6) is 11.5 Å². The maximum atomic E-state index is 13.1. The van der Waals surface area contributed by atoms with Gasteiger partial charge in [0, 0.05) is 24.8 Å². The molecule has 226 valence electrons. The molecule has 6 aromatic rings. The molecule has 6 aromatic heterocycles. The molecule has 0 fully saturated rings. The third-order valence-corrected chi connectivity index (χ3v) is 6.00. The average molecular weight is 617 g/mol. The Bertz CT molecular complexity index is 1980. The van der Waals surface area contributed by atoms with Gasteiger partial charge in [-0.25, -0.2) is 59.4 Å². The molecule has 18 nitrogen and oxygen atoms in total. The minimum Gasteiger partial charge on any atom is -0.416 e. The van der Waals surface area contributed by atoms with E-state index in [1.54, 1.807) is 12.1 Å². The number of rotatable bonds is 6. The number of hydrogen-bond donors (Lipinski definition) is 4. The maximum Gasteiger partial charge on any atom is 0.423 e. The Kier molecular flexibility index (Phi) is 7.63. The zero-order valence-electron chi connectivity index (χ0n) is 23.3. The highest BCUT2D eigenvalue weighted by molar-refractivity contribution is 6.31. The minimum atomic E-state index is -1.38. The number of esters is 2. The molecule has 18 heteroatoms. The lowest BCUT2D eigenvalue weighted by atomic mass is 10.2. The van der Waals surface area contributed by atoms with E-state index >= 15 is 0 Å². The summed E-state index contributed by atoms with van der Waals surface area (Å²) < 4.78 is 10.9. The van der Waals surface area contributed by atoms with Crippen LogP contribution < -0.4 is 32.4 Å². The van der Waals surface area contributed by atoms with Crippen molar-refractivity contribution in [1.82, 2.24) is 49.8 Å². The number of nitrogens with two attached hydrogens (primary N) is 4. The second-order valence-electron chi connectivity index (χ2n) is 9.07. The molecule has 0 aliphatic heterocycles. The van der Waals surface area contributed by atoms with Crippen molar-refractivity contribution < 1.29 is 19.1 Å². The number of aromatic nitrogens is 10. The molecule has 6 heterocycles. The molecule has 0 unspecified atom stereocenters. The first-order valence-corrected chi connectivity index (χ1v) is 13.0. The Morgan fingerprint density at radius 2 is 0.717 bits per heavy atom. The SMILES string of the molecule is Nc1nccc(-c2ccc(OC(=O)C(=O)Oc3ccc(-c4ccnc(N)n4)nc3-c3ccnc(N)n3)c(-c3ccnc(N)n3)n2)n1. The van der Waals surface area contributed by atoms with Crippen LogP contribution in [0.4, 0.5) is 23.8 Å². The summed E-state index contributed by atoms with van der Waals surface area (Å²) in [6.45, 7) is 0. The van der Waals surface area contributed by atoms with Crippen LogP contribution in [-0.4, -0.2) is 61.8 Å². The number of carbonyl (C=O) groups excluding carboxylic acids is 2. The van der Waals surface area contributed by atoms with Gasteiger partial charge < -0.3 is 32.4 Å². The van der Waals surface area contributed by atoms with Gasteiger partial charge in [0.15, 0.2) is 11.5 Å². The van der Waals surface area contributed by atoms with E-state index in [0.717, 1.165) is 0 Å². The van der Waals surface area contributed by atoms with Crippen LogP contribution in [0.2, 0.25) is 0 Å². The second kappa shape index (κ2) is 12.2. The zero-order chi connectivity index (χ0) is 32.2. The minimum absolute atomic E-state index is 0.0260. The van der Waals surface area contributed by atoms with Crippen LogP contribution in [0.1, 0.15) is 0 Å². The van der Waals surface area contributed by atoms with Crippen molar-refractivity contribution in [3.05, 3.63) is 73.3 Å².